The van der Waals surface area contributed by atoms with Crippen LogP contribution in [0.5, 0.6) is 0 Å². The number of fused-ring (bicyclic) bond motifs is 1. The van der Waals surface area contributed by atoms with Crippen LogP contribution in [0.1, 0.15) is 35.5 Å². The number of Topliss-reactive ketones (excluding diaryl/α,β-unsaturated/α-hetero) is 1. The zero-order chi connectivity index (χ0) is 22.8. The zero-order valence-electron chi connectivity index (χ0n) is 18.0. The summed E-state index contributed by atoms with van der Waals surface area (Å²) in [6.45, 7) is 5.58. The summed E-state index contributed by atoms with van der Waals surface area (Å²) >= 11 is 2.80. The van der Waals surface area contributed by atoms with E-state index >= 15 is 0 Å². The van der Waals surface area contributed by atoms with Crippen LogP contribution in [0.3, 0.4) is 0 Å². The molecular weight excluding hydrogens is 442 g/mol. The summed E-state index contributed by atoms with van der Waals surface area (Å²) in [6, 6.07) is 14.5. The number of benzene rings is 2. The molecule has 1 amide bonds. The minimum atomic E-state index is -0.210. The van der Waals surface area contributed by atoms with Crippen molar-refractivity contribution < 1.29 is 9.59 Å². The Hall–Kier alpha value is -2.84. The fraction of sp³-hybridized carbons (Fsp3) is 0.250. The van der Waals surface area contributed by atoms with E-state index in [2.05, 4.69) is 12.2 Å². The van der Waals surface area contributed by atoms with Crippen molar-refractivity contribution in [2.24, 2.45) is 0 Å². The summed E-state index contributed by atoms with van der Waals surface area (Å²) in [6.07, 6.45) is 0.742. The molecule has 0 radical (unpaired) electrons. The molecular formula is C24H23N3O3S2. The average Bonchev–Trinajstić information content (AvgIpc) is 3.14. The van der Waals surface area contributed by atoms with Gasteiger partial charge in [0.05, 0.1) is 22.0 Å². The molecule has 0 fully saturated rings. The van der Waals surface area contributed by atoms with Crippen LogP contribution in [0.2, 0.25) is 0 Å². The lowest BCUT2D eigenvalue weighted by atomic mass is 10.1. The van der Waals surface area contributed by atoms with E-state index in [1.54, 1.807) is 40.6 Å². The largest absolute Gasteiger partial charge is 0.325 e. The Morgan fingerprint density at radius 2 is 1.84 bits per heavy atom. The predicted molar refractivity (Wildman–Crippen MR) is 129 cm³/mol. The Bertz CT molecular complexity index is 1240. The normalized spacial score (nSPS) is 14.8. The van der Waals surface area contributed by atoms with Crippen molar-refractivity contribution in [2.45, 2.75) is 42.5 Å². The summed E-state index contributed by atoms with van der Waals surface area (Å²) < 4.78 is 1.60. The number of hydrogen-bond acceptors (Lipinski definition) is 6. The Labute approximate surface area is 194 Å². The van der Waals surface area contributed by atoms with Gasteiger partial charge in [-0.3, -0.25) is 19.0 Å². The fourth-order valence-corrected chi connectivity index (χ4v) is 5.36. The summed E-state index contributed by atoms with van der Waals surface area (Å²) in [5, 5.41) is 3.64. The molecule has 4 rings (SSSR count). The molecule has 2 aromatic carbocycles. The number of anilines is 1. The molecule has 0 spiro atoms. The van der Waals surface area contributed by atoms with E-state index in [4.69, 9.17) is 4.98 Å². The lowest BCUT2D eigenvalue weighted by molar-refractivity contribution is -0.113. The highest BCUT2D eigenvalue weighted by molar-refractivity contribution is 8.00. The maximum atomic E-state index is 13.3. The number of nitrogens with one attached hydrogen (secondary N) is 1. The maximum Gasteiger partial charge on any atom is 0.272 e. The second kappa shape index (κ2) is 9.34. The first kappa shape index (κ1) is 22.4. The summed E-state index contributed by atoms with van der Waals surface area (Å²) in [5.41, 5.74) is 3.76. The van der Waals surface area contributed by atoms with Crippen LogP contribution < -0.4 is 10.9 Å². The van der Waals surface area contributed by atoms with E-state index in [-0.39, 0.29) is 23.0 Å². The smallest absolute Gasteiger partial charge is 0.272 e. The number of ketones is 1. The molecule has 1 aromatic heterocycles. The number of carbonyl (C=O) groups is 2. The van der Waals surface area contributed by atoms with E-state index in [0.717, 1.165) is 23.4 Å². The monoisotopic (exact) mass is 465 g/mol. The Morgan fingerprint density at radius 3 is 2.50 bits per heavy atom. The van der Waals surface area contributed by atoms with Crippen LogP contribution in [-0.4, -0.2) is 32.2 Å². The third kappa shape index (κ3) is 4.81. The third-order valence-electron chi connectivity index (χ3n) is 5.08. The van der Waals surface area contributed by atoms with Gasteiger partial charge >= 0.3 is 0 Å². The summed E-state index contributed by atoms with van der Waals surface area (Å²) in [5.74, 6) is -0.130. The molecule has 3 aromatic rings. The standard InChI is InChI=1S/C24H23N3O3S2/c1-14-4-10-19(11-5-14)27-23(30)22-20(12-15(2)32-22)26-24(27)31-13-21(29)25-18-8-6-17(7-9-18)16(3)28/h4-11,15H,12-13H2,1-3H3,(H,25,29). The minimum absolute atomic E-state index is 0.0253. The molecule has 1 aliphatic rings. The number of thioether (sulfide) groups is 2. The molecule has 0 saturated heterocycles. The molecule has 0 aliphatic carbocycles. The van der Waals surface area contributed by atoms with Gasteiger partial charge in [-0.1, -0.05) is 36.4 Å². The van der Waals surface area contributed by atoms with Crippen molar-refractivity contribution in [3.8, 4) is 5.69 Å². The SMILES string of the molecule is CC(=O)c1ccc(NC(=O)CSc2nc3c(c(=O)n2-c2ccc(C)cc2)SC(C)C3)cc1. The second-order valence-electron chi connectivity index (χ2n) is 7.75. The van der Waals surface area contributed by atoms with Gasteiger partial charge in [0.2, 0.25) is 5.91 Å². The fourth-order valence-electron chi connectivity index (χ4n) is 3.43. The summed E-state index contributed by atoms with van der Waals surface area (Å²) in [4.78, 5) is 42.7. The van der Waals surface area contributed by atoms with Gasteiger partial charge in [-0.2, -0.15) is 0 Å². The van der Waals surface area contributed by atoms with Gasteiger partial charge in [0.25, 0.3) is 5.56 Å². The number of aromatic nitrogens is 2. The van der Waals surface area contributed by atoms with E-state index < -0.39 is 0 Å². The van der Waals surface area contributed by atoms with Crippen LogP contribution in [0.25, 0.3) is 5.69 Å². The van der Waals surface area contributed by atoms with Crippen molar-refractivity contribution in [3.05, 3.63) is 75.7 Å². The predicted octanol–water partition coefficient (Wildman–Crippen LogP) is 4.51. The van der Waals surface area contributed by atoms with Crippen LogP contribution in [-0.2, 0) is 11.2 Å². The average molecular weight is 466 g/mol. The quantitative estimate of drug-likeness (QED) is 0.328. The van der Waals surface area contributed by atoms with Crippen LogP contribution >= 0.6 is 23.5 Å². The first-order chi connectivity index (χ1) is 15.3. The van der Waals surface area contributed by atoms with E-state index in [0.29, 0.717) is 26.6 Å². The highest BCUT2D eigenvalue weighted by Crippen LogP contribution is 2.34. The Balaban J connectivity index is 1.57. The van der Waals surface area contributed by atoms with Crippen LogP contribution in [0, 0.1) is 6.92 Å². The van der Waals surface area contributed by atoms with Gasteiger partial charge in [0.1, 0.15) is 0 Å². The van der Waals surface area contributed by atoms with Gasteiger partial charge < -0.3 is 5.32 Å². The van der Waals surface area contributed by atoms with Crippen molar-refractivity contribution in [1.29, 1.82) is 0 Å². The van der Waals surface area contributed by atoms with Crippen molar-refractivity contribution in [2.75, 3.05) is 11.1 Å². The van der Waals surface area contributed by atoms with Gasteiger partial charge in [-0.05, 0) is 50.2 Å². The molecule has 2 heterocycles. The third-order valence-corrected chi connectivity index (χ3v) is 7.23. The summed E-state index contributed by atoms with van der Waals surface area (Å²) in [7, 11) is 0. The lowest BCUT2D eigenvalue weighted by Crippen LogP contribution is -2.24. The number of rotatable bonds is 6. The van der Waals surface area contributed by atoms with Gasteiger partial charge in [-0.25, -0.2) is 4.98 Å². The molecule has 8 heteroatoms. The number of amides is 1. The van der Waals surface area contributed by atoms with Gasteiger partial charge in [-0.15, -0.1) is 11.8 Å². The highest BCUT2D eigenvalue weighted by Gasteiger charge is 2.27. The molecule has 1 aliphatic heterocycles. The van der Waals surface area contributed by atoms with Gasteiger partial charge in [0.15, 0.2) is 10.9 Å². The first-order valence-corrected chi connectivity index (χ1v) is 12.1. The van der Waals surface area contributed by atoms with Crippen LogP contribution in [0.4, 0.5) is 5.69 Å². The molecule has 1 unspecified atom stereocenters. The molecule has 0 bridgehead atoms. The number of nitrogens with zero attached hydrogens (tertiary/aromatic N) is 2. The zero-order valence-corrected chi connectivity index (χ0v) is 19.7. The maximum absolute atomic E-state index is 13.3. The molecule has 1 atom stereocenters. The van der Waals surface area contributed by atoms with Crippen LogP contribution in [0.15, 0.2) is 63.4 Å². The van der Waals surface area contributed by atoms with Crippen molar-refractivity contribution in [3.63, 3.8) is 0 Å². The van der Waals surface area contributed by atoms with Crippen molar-refractivity contribution >= 4 is 40.9 Å². The van der Waals surface area contributed by atoms with Crippen molar-refractivity contribution in [1.82, 2.24) is 9.55 Å². The molecule has 0 saturated carbocycles. The van der Waals surface area contributed by atoms with Gasteiger partial charge in [0, 0.05) is 22.9 Å². The highest BCUT2D eigenvalue weighted by atomic mass is 32.2. The topological polar surface area (TPSA) is 81.1 Å². The molecule has 32 heavy (non-hydrogen) atoms. The second-order valence-corrected chi connectivity index (χ2v) is 10.1. The van der Waals surface area contributed by atoms with E-state index in [9.17, 15) is 14.4 Å². The Morgan fingerprint density at radius 1 is 1.16 bits per heavy atom. The molecule has 1 N–H and O–H groups in total. The number of aryl methyl sites for hydroxylation is 1. The van der Waals surface area contributed by atoms with E-state index in [1.165, 1.54) is 18.7 Å². The first-order valence-electron chi connectivity index (χ1n) is 10.2. The Kier molecular flexibility index (Phi) is 6.53. The lowest BCUT2D eigenvalue weighted by Gasteiger charge is -2.14. The number of hydrogen-bond donors (Lipinski definition) is 1. The molecule has 6 nitrogen and oxygen atoms in total. The minimum Gasteiger partial charge on any atom is -0.325 e. The molecule has 164 valence electrons. The van der Waals surface area contributed by atoms with E-state index in [1.807, 2.05) is 31.2 Å². The number of carbonyl (C=O) groups excluding carboxylic acids is 2.